The third-order valence-electron chi connectivity index (χ3n) is 2.68. The number of anilines is 1. The molecule has 5 N–H and O–H groups in total. The first-order chi connectivity index (χ1) is 9.70. The van der Waals surface area contributed by atoms with Gasteiger partial charge in [0, 0.05) is 10.1 Å². The van der Waals surface area contributed by atoms with Crippen molar-refractivity contribution in [3.8, 4) is 0 Å². The maximum atomic E-state index is 12.7. The lowest BCUT2D eigenvalue weighted by molar-refractivity contribution is -0.137. The van der Waals surface area contributed by atoms with Gasteiger partial charge in [-0.05, 0) is 18.2 Å². The van der Waals surface area contributed by atoms with Crippen molar-refractivity contribution in [3.63, 3.8) is 0 Å². The largest absolute Gasteiger partial charge is 0.416 e. The molecule has 0 radical (unpaired) electrons. The number of rotatable bonds is 3. The number of hydrogen-bond acceptors (Lipinski definition) is 4. The van der Waals surface area contributed by atoms with Crippen LogP contribution in [0.15, 0.2) is 18.2 Å². The number of hydrogen-bond donors (Lipinski definition) is 3. The molecule has 0 aliphatic rings. The molecule has 112 valence electrons. The highest BCUT2D eigenvalue weighted by molar-refractivity contribution is 7.21. The van der Waals surface area contributed by atoms with Crippen LogP contribution in [0.1, 0.15) is 15.2 Å². The minimum atomic E-state index is -4.49. The molecule has 2 aromatic rings. The van der Waals surface area contributed by atoms with Crippen LogP contribution in [0, 0.1) is 0 Å². The van der Waals surface area contributed by atoms with Crippen molar-refractivity contribution >= 4 is 38.9 Å². The normalized spacial score (nSPS) is 11.6. The number of alkyl halides is 3. The lowest BCUT2D eigenvalue weighted by Gasteiger charge is -2.06. The Morgan fingerprint density at radius 1 is 1.29 bits per heavy atom. The Kier molecular flexibility index (Phi) is 3.77. The molecule has 21 heavy (non-hydrogen) atoms. The summed E-state index contributed by atoms with van der Waals surface area (Å²) in [6.45, 7) is -0.375. The van der Waals surface area contributed by atoms with Crippen LogP contribution in [0.4, 0.5) is 18.9 Å². The van der Waals surface area contributed by atoms with Crippen LogP contribution < -0.4 is 16.8 Å². The zero-order chi connectivity index (χ0) is 15.8. The summed E-state index contributed by atoms with van der Waals surface area (Å²) >= 11 is 0.946. The summed E-state index contributed by atoms with van der Waals surface area (Å²) in [5.41, 5.74) is 9.72. The van der Waals surface area contributed by atoms with E-state index in [0.717, 1.165) is 23.5 Å². The molecule has 9 heteroatoms. The number of amides is 2. The SMILES string of the molecule is NC(=O)CNC(=O)c1sc2ccc(C(F)(F)F)cc2c1N. The van der Waals surface area contributed by atoms with Crippen molar-refractivity contribution in [3.05, 3.63) is 28.6 Å². The number of primary amides is 1. The predicted molar refractivity (Wildman–Crippen MR) is 72.8 cm³/mol. The highest BCUT2D eigenvalue weighted by atomic mass is 32.1. The van der Waals surface area contributed by atoms with Crippen LogP contribution in [-0.4, -0.2) is 18.4 Å². The lowest BCUT2D eigenvalue weighted by atomic mass is 10.1. The minimum Gasteiger partial charge on any atom is -0.397 e. The van der Waals surface area contributed by atoms with Gasteiger partial charge in [-0.25, -0.2) is 0 Å². The molecule has 0 atom stereocenters. The molecular weight excluding hydrogens is 307 g/mol. The molecule has 0 saturated carbocycles. The van der Waals surface area contributed by atoms with E-state index in [1.54, 1.807) is 0 Å². The average Bonchev–Trinajstić information content (AvgIpc) is 2.72. The molecule has 0 bridgehead atoms. The highest BCUT2D eigenvalue weighted by Gasteiger charge is 2.31. The van der Waals surface area contributed by atoms with Crippen molar-refractivity contribution < 1.29 is 22.8 Å². The fourth-order valence-corrected chi connectivity index (χ4v) is 2.73. The van der Waals surface area contributed by atoms with E-state index in [1.165, 1.54) is 6.07 Å². The van der Waals surface area contributed by atoms with Crippen LogP contribution in [0.25, 0.3) is 10.1 Å². The van der Waals surface area contributed by atoms with Crippen LogP contribution in [0.5, 0.6) is 0 Å². The van der Waals surface area contributed by atoms with Gasteiger partial charge in [-0.2, -0.15) is 13.2 Å². The summed E-state index contributed by atoms with van der Waals surface area (Å²) < 4.78 is 38.4. The lowest BCUT2D eigenvalue weighted by Crippen LogP contribution is -2.33. The monoisotopic (exact) mass is 317 g/mol. The quantitative estimate of drug-likeness (QED) is 0.804. The first-order valence-electron chi connectivity index (χ1n) is 5.66. The number of nitrogens with one attached hydrogen (secondary N) is 1. The molecule has 2 rings (SSSR count). The molecule has 1 heterocycles. The summed E-state index contributed by atoms with van der Waals surface area (Å²) in [4.78, 5) is 22.5. The van der Waals surface area contributed by atoms with Gasteiger partial charge in [0.2, 0.25) is 5.91 Å². The van der Waals surface area contributed by atoms with Crippen LogP contribution in [-0.2, 0) is 11.0 Å². The number of fused-ring (bicyclic) bond motifs is 1. The van der Waals surface area contributed by atoms with Gasteiger partial charge in [0.15, 0.2) is 0 Å². The van der Waals surface area contributed by atoms with Gasteiger partial charge in [-0.15, -0.1) is 11.3 Å². The number of benzene rings is 1. The van der Waals surface area contributed by atoms with E-state index >= 15 is 0 Å². The summed E-state index contributed by atoms with van der Waals surface area (Å²) in [5.74, 6) is -1.39. The second kappa shape index (κ2) is 5.24. The topological polar surface area (TPSA) is 98.2 Å². The fourth-order valence-electron chi connectivity index (χ4n) is 1.71. The van der Waals surface area contributed by atoms with Gasteiger partial charge in [0.1, 0.15) is 4.88 Å². The number of nitrogens with two attached hydrogens (primary N) is 2. The average molecular weight is 317 g/mol. The summed E-state index contributed by atoms with van der Waals surface area (Å²) in [6, 6.07) is 3.07. The van der Waals surface area contributed by atoms with Crippen LogP contribution in [0.3, 0.4) is 0 Å². The number of nitrogen functional groups attached to an aromatic ring is 1. The summed E-state index contributed by atoms with van der Waals surface area (Å²) in [6.07, 6.45) is -4.49. The van der Waals surface area contributed by atoms with E-state index in [4.69, 9.17) is 11.5 Å². The number of carbonyl (C=O) groups excluding carboxylic acids is 2. The van der Waals surface area contributed by atoms with E-state index < -0.39 is 23.6 Å². The van der Waals surface area contributed by atoms with Gasteiger partial charge in [0.05, 0.1) is 17.8 Å². The molecule has 1 aromatic heterocycles. The van der Waals surface area contributed by atoms with Crippen molar-refractivity contribution in [2.24, 2.45) is 5.73 Å². The first-order valence-corrected chi connectivity index (χ1v) is 6.47. The van der Waals surface area contributed by atoms with Crippen molar-refractivity contribution in [2.45, 2.75) is 6.18 Å². The zero-order valence-corrected chi connectivity index (χ0v) is 11.3. The molecule has 0 unspecified atom stereocenters. The molecule has 0 aliphatic carbocycles. The Labute approximate surface area is 120 Å². The minimum absolute atomic E-state index is 0.0468. The van der Waals surface area contributed by atoms with Gasteiger partial charge in [-0.3, -0.25) is 9.59 Å². The Balaban J connectivity index is 2.42. The van der Waals surface area contributed by atoms with Gasteiger partial charge in [0.25, 0.3) is 5.91 Å². The fraction of sp³-hybridized carbons (Fsp3) is 0.167. The Morgan fingerprint density at radius 3 is 2.52 bits per heavy atom. The maximum absolute atomic E-state index is 12.7. The highest BCUT2D eigenvalue weighted by Crippen LogP contribution is 2.38. The van der Waals surface area contributed by atoms with Gasteiger partial charge in [-0.1, -0.05) is 0 Å². The van der Waals surface area contributed by atoms with Crippen LogP contribution in [0.2, 0.25) is 0 Å². The van der Waals surface area contributed by atoms with Gasteiger partial charge >= 0.3 is 6.18 Å². The Morgan fingerprint density at radius 2 is 1.95 bits per heavy atom. The smallest absolute Gasteiger partial charge is 0.397 e. The maximum Gasteiger partial charge on any atom is 0.416 e. The van der Waals surface area contributed by atoms with Crippen molar-refractivity contribution in [1.82, 2.24) is 5.32 Å². The Bertz CT molecular complexity index is 724. The molecule has 5 nitrogen and oxygen atoms in total. The third-order valence-corrected chi connectivity index (χ3v) is 3.87. The number of halogens is 3. The van der Waals surface area contributed by atoms with Crippen molar-refractivity contribution in [2.75, 3.05) is 12.3 Å². The van der Waals surface area contributed by atoms with E-state index in [9.17, 15) is 22.8 Å². The molecule has 0 fully saturated rings. The van der Waals surface area contributed by atoms with Crippen molar-refractivity contribution in [1.29, 1.82) is 0 Å². The predicted octanol–water partition coefficient (Wildman–Crippen LogP) is 1.72. The summed E-state index contributed by atoms with van der Waals surface area (Å²) in [7, 11) is 0. The molecular formula is C12H10F3N3O2S. The summed E-state index contributed by atoms with van der Waals surface area (Å²) in [5, 5.41) is 2.39. The van der Waals surface area contributed by atoms with E-state index in [2.05, 4.69) is 5.32 Å². The molecule has 0 saturated heterocycles. The Hall–Kier alpha value is -2.29. The molecule has 2 amide bonds. The second-order valence-electron chi connectivity index (χ2n) is 4.20. The number of carbonyl (C=O) groups is 2. The van der Waals surface area contributed by atoms with E-state index in [1.807, 2.05) is 0 Å². The zero-order valence-electron chi connectivity index (χ0n) is 10.5. The third kappa shape index (κ3) is 3.07. The standard InChI is InChI=1S/C12H10F3N3O2S/c13-12(14,15)5-1-2-7-6(3-5)9(17)10(21-7)11(20)18-4-8(16)19/h1-3H,4,17H2,(H2,16,19)(H,18,20). The van der Waals surface area contributed by atoms with E-state index in [0.29, 0.717) is 4.70 Å². The second-order valence-corrected chi connectivity index (χ2v) is 5.25. The molecule has 0 spiro atoms. The van der Waals surface area contributed by atoms with Gasteiger partial charge < -0.3 is 16.8 Å². The van der Waals surface area contributed by atoms with E-state index in [-0.39, 0.29) is 22.5 Å². The number of thiophene rings is 1. The first kappa shape index (κ1) is 15.1. The van der Waals surface area contributed by atoms with Crippen LogP contribution >= 0.6 is 11.3 Å². The molecule has 1 aromatic carbocycles. The molecule has 0 aliphatic heterocycles.